The molecular weight excluding hydrogens is 240 g/mol. The van der Waals surface area contributed by atoms with Gasteiger partial charge in [0, 0.05) is 30.0 Å². The molecule has 5 nitrogen and oxygen atoms in total. The molecule has 1 aromatic rings. The van der Waals surface area contributed by atoms with Gasteiger partial charge in [0.2, 0.25) is 0 Å². The second-order valence-electron chi connectivity index (χ2n) is 6.32. The van der Waals surface area contributed by atoms with E-state index in [1.165, 1.54) is 6.42 Å². The number of nitrogens with zero attached hydrogens (tertiary/aromatic N) is 2. The summed E-state index contributed by atoms with van der Waals surface area (Å²) >= 11 is 0. The van der Waals surface area contributed by atoms with Crippen LogP contribution in [0.3, 0.4) is 0 Å². The first-order valence-corrected chi connectivity index (χ1v) is 7.00. The van der Waals surface area contributed by atoms with E-state index < -0.39 is 0 Å². The van der Waals surface area contributed by atoms with Gasteiger partial charge in [-0.15, -0.1) is 0 Å². The van der Waals surface area contributed by atoms with Gasteiger partial charge in [0.1, 0.15) is 0 Å². The molecule has 0 radical (unpaired) electrons. The van der Waals surface area contributed by atoms with Crippen LogP contribution in [0.2, 0.25) is 0 Å². The maximum Gasteiger partial charge on any atom is 0.293 e. The minimum absolute atomic E-state index is 0.0761. The molecule has 0 bridgehead atoms. The fourth-order valence-electron chi connectivity index (χ4n) is 2.55. The Morgan fingerprint density at radius 1 is 1.37 bits per heavy atom. The molecule has 2 rings (SSSR count). The number of rotatable bonds is 2. The summed E-state index contributed by atoms with van der Waals surface area (Å²) in [7, 11) is 0. The predicted octanol–water partition coefficient (Wildman–Crippen LogP) is 1.68. The third kappa shape index (κ3) is 3.15. The van der Waals surface area contributed by atoms with Crippen molar-refractivity contribution >= 4 is 5.82 Å². The van der Waals surface area contributed by atoms with Crippen LogP contribution in [0.15, 0.2) is 17.2 Å². The van der Waals surface area contributed by atoms with Gasteiger partial charge < -0.3 is 15.6 Å². The van der Waals surface area contributed by atoms with Crippen LogP contribution in [-0.2, 0) is 5.54 Å². The summed E-state index contributed by atoms with van der Waals surface area (Å²) in [4.78, 5) is 16.6. The Hall–Kier alpha value is -1.36. The van der Waals surface area contributed by atoms with Gasteiger partial charge in [0.25, 0.3) is 5.56 Å². The zero-order valence-corrected chi connectivity index (χ0v) is 12.0. The topological polar surface area (TPSA) is 72.9 Å². The minimum Gasteiger partial charge on any atom is -0.361 e. The van der Waals surface area contributed by atoms with E-state index in [9.17, 15) is 4.79 Å². The molecule has 0 aliphatic heterocycles. The Labute approximate surface area is 114 Å². The van der Waals surface area contributed by atoms with Gasteiger partial charge in [-0.2, -0.15) is 0 Å². The molecule has 1 aromatic heterocycles. The molecular formula is C14H24N4O. The van der Waals surface area contributed by atoms with Crippen molar-refractivity contribution in [1.82, 2.24) is 9.55 Å². The fourth-order valence-corrected chi connectivity index (χ4v) is 2.55. The van der Waals surface area contributed by atoms with Gasteiger partial charge in [-0.1, -0.05) is 12.8 Å². The molecule has 1 fully saturated rings. The first kappa shape index (κ1) is 14.1. The number of hydrogen-bond acceptors (Lipinski definition) is 4. The van der Waals surface area contributed by atoms with E-state index in [0.717, 1.165) is 19.3 Å². The Bertz CT molecular complexity index is 489. The second kappa shape index (κ2) is 5.33. The lowest BCUT2D eigenvalue weighted by Crippen LogP contribution is -2.45. The van der Waals surface area contributed by atoms with Crippen LogP contribution in [0, 0.1) is 0 Å². The number of aromatic nitrogens is 2. The molecule has 106 valence electrons. The summed E-state index contributed by atoms with van der Waals surface area (Å²) in [6.07, 6.45) is 7.75. The van der Waals surface area contributed by atoms with E-state index in [1.807, 2.05) is 20.8 Å². The highest BCUT2D eigenvalue weighted by atomic mass is 16.1. The van der Waals surface area contributed by atoms with Crippen molar-refractivity contribution in [2.24, 2.45) is 5.73 Å². The first-order chi connectivity index (χ1) is 8.89. The molecule has 19 heavy (non-hydrogen) atoms. The molecule has 2 atom stereocenters. The third-order valence-electron chi connectivity index (χ3n) is 3.70. The largest absolute Gasteiger partial charge is 0.361 e. The molecule has 2 unspecified atom stereocenters. The minimum atomic E-state index is -0.245. The molecule has 0 amide bonds. The van der Waals surface area contributed by atoms with Gasteiger partial charge in [-0.25, -0.2) is 4.98 Å². The highest BCUT2D eigenvalue weighted by Crippen LogP contribution is 2.19. The SMILES string of the molecule is CC(C)(C)n1ccnc(NC2CCCCC2N)c1=O. The Kier molecular flexibility index (Phi) is 3.94. The molecule has 0 aromatic carbocycles. The highest BCUT2D eigenvalue weighted by molar-refractivity contribution is 5.33. The summed E-state index contributed by atoms with van der Waals surface area (Å²) in [5, 5.41) is 3.24. The van der Waals surface area contributed by atoms with Crippen LogP contribution in [0.25, 0.3) is 0 Å². The zero-order valence-electron chi connectivity index (χ0n) is 12.0. The summed E-state index contributed by atoms with van der Waals surface area (Å²) in [5.74, 6) is 0.416. The first-order valence-electron chi connectivity index (χ1n) is 7.00. The van der Waals surface area contributed by atoms with E-state index >= 15 is 0 Å². The van der Waals surface area contributed by atoms with E-state index in [1.54, 1.807) is 17.0 Å². The smallest absolute Gasteiger partial charge is 0.293 e. The maximum atomic E-state index is 12.4. The van der Waals surface area contributed by atoms with Crippen LogP contribution in [0.5, 0.6) is 0 Å². The lowest BCUT2D eigenvalue weighted by atomic mass is 9.91. The fraction of sp³-hybridized carbons (Fsp3) is 0.714. The Balaban J connectivity index is 2.24. The van der Waals surface area contributed by atoms with Crippen molar-refractivity contribution in [2.75, 3.05) is 5.32 Å². The van der Waals surface area contributed by atoms with E-state index in [2.05, 4.69) is 10.3 Å². The van der Waals surface area contributed by atoms with Gasteiger partial charge in [0.15, 0.2) is 5.82 Å². The standard InChI is InChI=1S/C14H24N4O/c1-14(2,3)18-9-8-16-12(13(18)19)17-11-7-5-4-6-10(11)15/h8-11H,4-7,15H2,1-3H3,(H,16,17). The molecule has 1 heterocycles. The van der Waals surface area contributed by atoms with Gasteiger partial charge in [-0.3, -0.25) is 4.79 Å². The van der Waals surface area contributed by atoms with Gasteiger partial charge >= 0.3 is 0 Å². The molecule has 0 spiro atoms. The van der Waals surface area contributed by atoms with Crippen molar-refractivity contribution < 1.29 is 0 Å². The number of anilines is 1. The lowest BCUT2D eigenvalue weighted by molar-refractivity contribution is 0.379. The van der Waals surface area contributed by atoms with Gasteiger partial charge in [0.05, 0.1) is 0 Å². The lowest BCUT2D eigenvalue weighted by Gasteiger charge is -2.30. The quantitative estimate of drug-likeness (QED) is 0.852. The van der Waals surface area contributed by atoms with Crippen LogP contribution in [0.4, 0.5) is 5.82 Å². The predicted molar refractivity (Wildman–Crippen MR) is 77.3 cm³/mol. The van der Waals surface area contributed by atoms with Crippen LogP contribution >= 0.6 is 0 Å². The normalized spacial score (nSPS) is 24.2. The maximum absolute atomic E-state index is 12.4. The molecule has 0 saturated heterocycles. The summed E-state index contributed by atoms with van der Waals surface area (Å²) < 4.78 is 1.71. The van der Waals surface area contributed by atoms with E-state index in [4.69, 9.17) is 5.73 Å². The molecule has 1 aliphatic rings. The summed E-state index contributed by atoms with van der Waals surface area (Å²) in [6, 6.07) is 0.267. The van der Waals surface area contributed by atoms with Gasteiger partial charge in [-0.05, 0) is 33.6 Å². The molecule has 1 saturated carbocycles. The number of nitrogens with two attached hydrogens (primary N) is 1. The monoisotopic (exact) mass is 264 g/mol. The van der Waals surface area contributed by atoms with Crippen LogP contribution in [0.1, 0.15) is 46.5 Å². The van der Waals surface area contributed by atoms with Crippen LogP contribution in [-0.4, -0.2) is 21.6 Å². The highest BCUT2D eigenvalue weighted by Gasteiger charge is 2.24. The molecule has 1 aliphatic carbocycles. The van der Waals surface area contributed by atoms with Crippen molar-refractivity contribution in [3.63, 3.8) is 0 Å². The van der Waals surface area contributed by atoms with Crippen LogP contribution < -0.4 is 16.6 Å². The van der Waals surface area contributed by atoms with E-state index in [0.29, 0.717) is 5.82 Å². The Morgan fingerprint density at radius 2 is 2.05 bits per heavy atom. The van der Waals surface area contributed by atoms with Crippen molar-refractivity contribution in [3.8, 4) is 0 Å². The average Bonchev–Trinajstić information content (AvgIpc) is 2.33. The van der Waals surface area contributed by atoms with Crippen molar-refractivity contribution in [2.45, 2.75) is 64.1 Å². The number of nitrogens with one attached hydrogen (secondary N) is 1. The zero-order chi connectivity index (χ0) is 14.0. The molecule has 3 N–H and O–H groups in total. The van der Waals surface area contributed by atoms with E-state index in [-0.39, 0.29) is 23.2 Å². The summed E-state index contributed by atoms with van der Waals surface area (Å²) in [6.45, 7) is 6.01. The number of hydrogen-bond donors (Lipinski definition) is 2. The van der Waals surface area contributed by atoms with Crippen molar-refractivity contribution in [1.29, 1.82) is 0 Å². The summed E-state index contributed by atoms with van der Waals surface area (Å²) in [5.41, 5.74) is 5.78. The third-order valence-corrected chi connectivity index (χ3v) is 3.70. The second-order valence-corrected chi connectivity index (χ2v) is 6.32. The average molecular weight is 264 g/mol. The van der Waals surface area contributed by atoms with Crippen molar-refractivity contribution in [3.05, 3.63) is 22.7 Å². The molecule has 5 heteroatoms. The Morgan fingerprint density at radius 3 is 2.68 bits per heavy atom.